The summed E-state index contributed by atoms with van der Waals surface area (Å²) in [4.78, 5) is 21.0. The molecule has 2 heterocycles. The first kappa shape index (κ1) is 24.2. The number of aliphatic carboxylic acids is 1. The highest BCUT2D eigenvalue weighted by atomic mass is 19.1. The second-order valence-corrected chi connectivity index (χ2v) is 8.76. The Bertz CT molecular complexity index is 1530. The fourth-order valence-electron chi connectivity index (χ4n) is 4.12. The van der Waals surface area contributed by atoms with E-state index in [-0.39, 0.29) is 12.2 Å². The van der Waals surface area contributed by atoms with E-state index in [9.17, 15) is 14.3 Å². The standard InChI is InChI=1S/C29H25FN2O5/c1-18-23(32-28(35-18)20-7-3-2-4-8-20)11-6-12-27-31-24-15-19(13-14-25(24)37-27)16-26(29(33)34)36-22-10-5-9-21(30)17-22/h2-5,7-10,13-15,17,26H,6,11-12,16H2,1H3,(H,33,34)/t26-/m0/s1. The molecule has 0 saturated carbocycles. The Morgan fingerprint density at radius 2 is 1.84 bits per heavy atom. The van der Waals surface area contributed by atoms with Gasteiger partial charge in [0.05, 0.1) is 5.69 Å². The van der Waals surface area contributed by atoms with Crippen LogP contribution in [0.5, 0.6) is 5.75 Å². The first-order valence-corrected chi connectivity index (χ1v) is 12.0. The molecular weight excluding hydrogens is 475 g/mol. The molecule has 0 unspecified atom stereocenters. The predicted molar refractivity (Wildman–Crippen MR) is 135 cm³/mol. The normalized spacial score (nSPS) is 12.1. The van der Waals surface area contributed by atoms with Crippen molar-refractivity contribution in [2.24, 2.45) is 0 Å². The smallest absolute Gasteiger partial charge is 0.345 e. The van der Waals surface area contributed by atoms with Crippen LogP contribution in [-0.4, -0.2) is 27.1 Å². The predicted octanol–water partition coefficient (Wildman–Crippen LogP) is 6.18. The molecule has 7 nitrogen and oxygen atoms in total. The highest BCUT2D eigenvalue weighted by Crippen LogP contribution is 2.24. The van der Waals surface area contributed by atoms with Gasteiger partial charge in [0, 0.05) is 24.5 Å². The number of nitrogens with zero attached hydrogens (tertiary/aromatic N) is 2. The van der Waals surface area contributed by atoms with E-state index in [1.807, 2.05) is 37.3 Å². The Hall–Kier alpha value is -4.46. The number of hydrogen-bond acceptors (Lipinski definition) is 6. The van der Waals surface area contributed by atoms with E-state index in [4.69, 9.17) is 13.6 Å². The molecule has 3 aromatic carbocycles. The summed E-state index contributed by atoms with van der Waals surface area (Å²) in [6, 6.07) is 20.6. The molecule has 0 fully saturated rings. The number of carboxylic acids is 1. The number of fused-ring (bicyclic) bond motifs is 1. The van der Waals surface area contributed by atoms with Crippen molar-refractivity contribution in [3.05, 3.63) is 102 Å². The number of aromatic nitrogens is 2. The fraction of sp³-hybridized carbons (Fsp3) is 0.207. The topological polar surface area (TPSA) is 98.6 Å². The molecule has 5 rings (SSSR count). The highest BCUT2D eigenvalue weighted by Gasteiger charge is 2.21. The van der Waals surface area contributed by atoms with E-state index < -0.39 is 17.9 Å². The molecule has 0 spiro atoms. The Morgan fingerprint density at radius 1 is 1.00 bits per heavy atom. The van der Waals surface area contributed by atoms with Crippen molar-refractivity contribution >= 4 is 17.1 Å². The SMILES string of the molecule is Cc1oc(-c2ccccc2)nc1CCCc1nc2cc(C[C@H](Oc3cccc(F)c3)C(=O)O)ccc2o1. The van der Waals surface area contributed by atoms with Crippen molar-refractivity contribution in [1.29, 1.82) is 0 Å². The number of aryl methyl sites for hydroxylation is 3. The van der Waals surface area contributed by atoms with Crippen LogP contribution in [0.3, 0.4) is 0 Å². The molecule has 188 valence electrons. The van der Waals surface area contributed by atoms with Crippen LogP contribution in [0.1, 0.15) is 29.3 Å². The second-order valence-electron chi connectivity index (χ2n) is 8.76. The van der Waals surface area contributed by atoms with Crippen LogP contribution < -0.4 is 4.74 Å². The van der Waals surface area contributed by atoms with Gasteiger partial charge >= 0.3 is 5.97 Å². The Morgan fingerprint density at radius 3 is 2.62 bits per heavy atom. The lowest BCUT2D eigenvalue weighted by Gasteiger charge is -2.15. The maximum atomic E-state index is 13.4. The molecule has 2 aromatic heterocycles. The first-order valence-electron chi connectivity index (χ1n) is 12.0. The molecule has 5 aromatic rings. The lowest BCUT2D eigenvalue weighted by atomic mass is 10.1. The van der Waals surface area contributed by atoms with Crippen LogP contribution in [0.4, 0.5) is 4.39 Å². The molecule has 0 radical (unpaired) electrons. The van der Waals surface area contributed by atoms with E-state index in [0.29, 0.717) is 29.3 Å². The minimum Gasteiger partial charge on any atom is -0.478 e. The van der Waals surface area contributed by atoms with Crippen LogP contribution >= 0.6 is 0 Å². The van der Waals surface area contributed by atoms with Gasteiger partial charge in [0.2, 0.25) is 5.89 Å². The Balaban J connectivity index is 1.22. The van der Waals surface area contributed by atoms with Gasteiger partial charge in [-0.2, -0.15) is 0 Å². The minimum atomic E-state index is -1.17. The van der Waals surface area contributed by atoms with Gasteiger partial charge in [-0.1, -0.05) is 30.3 Å². The first-order chi connectivity index (χ1) is 17.9. The lowest BCUT2D eigenvalue weighted by molar-refractivity contribution is -0.145. The maximum Gasteiger partial charge on any atom is 0.345 e. The van der Waals surface area contributed by atoms with Crippen LogP contribution in [0, 0.1) is 12.7 Å². The number of carboxylic acid groups (broad SMARTS) is 1. The zero-order valence-corrected chi connectivity index (χ0v) is 20.2. The molecule has 37 heavy (non-hydrogen) atoms. The monoisotopic (exact) mass is 500 g/mol. The molecule has 1 N–H and O–H groups in total. The van der Waals surface area contributed by atoms with Crippen molar-refractivity contribution in [1.82, 2.24) is 9.97 Å². The van der Waals surface area contributed by atoms with E-state index in [2.05, 4.69) is 9.97 Å². The summed E-state index contributed by atoms with van der Waals surface area (Å²) in [6.07, 6.45) is 1.06. The van der Waals surface area contributed by atoms with Crippen molar-refractivity contribution in [2.45, 2.75) is 38.7 Å². The van der Waals surface area contributed by atoms with Crippen molar-refractivity contribution in [2.75, 3.05) is 0 Å². The number of rotatable bonds is 10. The highest BCUT2D eigenvalue weighted by molar-refractivity contribution is 5.75. The lowest BCUT2D eigenvalue weighted by Crippen LogP contribution is -2.29. The zero-order chi connectivity index (χ0) is 25.8. The fourth-order valence-corrected chi connectivity index (χ4v) is 4.12. The quantitative estimate of drug-likeness (QED) is 0.244. The largest absolute Gasteiger partial charge is 0.478 e. The van der Waals surface area contributed by atoms with Crippen LogP contribution in [0.25, 0.3) is 22.6 Å². The number of oxazole rings is 2. The van der Waals surface area contributed by atoms with Crippen molar-refractivity contribution < 1.29 is 27.9 Å². The van der Waals surface area contributed by atoms with Gasteiger partial charge < -0.3 is 18.7 Å². The number of carbonyl (C=O) groups is 1. The average molecular weight is 501 g/mol. The number of hydrogen-bond donors (Lipinski definition) is 1. The summed E-state index contributed by atoms with van der Waals surface area (Å²) in [5.41, 5.74) is 3.85. The summed E-state index contributed by atoms with van der Waals surface area (Å²) in [7, 11) is 0. The summed E-state index contributed by atoms with van der Waals surface area (Å²) >= 11 is 0. The van der Waals surface area contributed by atoms with Crippen molar-refractivity contribution in [3.63, 3.8) is 0 Å². The molecular formula is C29H25FN2O5. The molecule has 1 atom stereocenters. The zero-order valence-electron chi connectivity index (χ0n) is 20.2. The van der Waals surface area contributed by atoms with E-state index in [0.717, 1.165) is 41.5 Å². The number of ether oxygens (including phenoxy) is 1. The van der Waals surface area contributed by atoms with Gasteiger partial charge in [0.15, 0.2) is 17.6 Å². The third-order valence-corrected chi connectivity index (χ3v) is 5.98. The van der Waals surface area contributed by atoms with Gasteiger partial charge in [-0.25, -0.2) is 19.2 Å². The number of halogens is 1. The van der Waals surface area contributed by atoms with Gasteiger partial charge in [-0.15, -0.1) is 0 Å². The van der Waals surface area contributed by atoms with Crippen molar-refractivity contribution in [3.8, 4) is 17.2 Å². The van der Waals surface area contributed by atoms with Gasteiger partial charge in [0.25, 0.3) is 0 Å². The summed E-state index contributed by atoms with van der Waals surface area (Å²) in [6.45, 7) is 1.91. The molecule has 0 aliphatic heterocycles. The van der Waals surface area contributed by atoms with Gasteiger partial charge in [0.1, 0.15) is 22.8 Å². The van der Waals surface area contributed by atoms with Gasteiger partial charge in [-0.05, 0) is 61.7 Å². The van der Waals surface area contributed by atoms with E-state index in [1.54, 1.807) is 18.2 Å². The van der Waals surface area contributed by atoms with E-state index in [1.165, 1.54) is 18.2 Å². The number of benzene rings is 3. The van der Waals surface area contributed by atoms with Crippen LogP contribution in [0.15, 0.2) is 81.6 Å². The van der Waals surface area contributed by atoms with Crippen LogP contribution in [-0.2, 0) is 24.1 Å². The molecule has 0 aliphatic carbocycles. The molecule has 0 saturated heterocycles. The summed E-state index contributed by atoms with van der Waals surface area (Å²) in [5.74, 6) is 0.549. The average Bonchev–Trinajstić information content (AvgIpc) is 3.46. The molecule has 0 bridgehead atoms. The van der Waals surface area contributed by atoms with Gasteiger partial charge in [-0.3, -0.25) is 0 Å². The Kier molecular flexibility index (Phi) is 6.98. The second kappa shape index (κ2) is 10.7. The molecule has 0 aliphatic rings. The molecule has 0 amide bonds. The summed E-state index contributed by atoms with van der Waals surface area (Å²) in [5, 5.41) is 9.59. The third kappa shape index (κ3) is 5.86. The minimum absolute atomic E-state index is 0.0964. The third-order valence-electron chi connectivity index (χ3n) is 5.98. The van der Waals surface area contributed by atoms with Crippen LogP contribution in [0.2, 0.25) is 0 Å². The maximum absolute atomic E-state index is 13.4. The molecule has 8 heteroatoms. The van der Waals surface area contributed by atoms with E-state index >= 15 is 0 Å². The summed E-state index contributed by atoms with van der Waals surface area (Å²) < 4.78 is 30.7. The Labute approximate surface area is 212 Å².